The molecule has 1 heterocycles. The van der Waals surface area contributed by atoms with E-state index in [1.807, 2.05) is 30.3 Å². The van der Waals surface area contributed by atoms with Gasteiger partial charge in [-0.2, -0.15) is 0 Å². The zero-order valence-electron chi connectivity index (χ0n) is 18.4. The summed E-state index contributed by atoms with van der Waals surface area (Å²) in [5.74, 6) is -0.558. The van der Waals surface area contributed by atoms with Gasteiger partial charge in [-0.15, -0.1) is 0 Å². The Balaban J connectivity index is 1.66. The van der Waals surface area contributed by atoms with Crippen molar-refractivity contribution in [2.75, 3.05) is 18.9 Å². The van der Waals surface area contributed by atoms with Crippen LogP contribution in [-0.2, 0) is 4.79 Å². The van der Waals surface area contributed by atoms with Gasteiger partial charge in [-0.25, -0.2) is 0 Å². The van der Waals surface area contributed by atoms with E-state index in [1.165, 1.54) is 11.9 Å². The maximum atomic E-state index is 13.3. The number of likely N-dealkylation sites (N-methyl/N-ethyl adjacent to an activating group) is 1. The number of hydrogen-bond donors (Lipinski definition) is 1. The first-order valence-corrected chi connectivity index (χ1v) is 11.1. The summed E-state index contributed by atoms with van der Waals surface area (Å²) in [6, 6.07) is 18.9. The van der Waals surface area contributed by atoms with Crippen molar-refractivity contribution in [2.45, 2.75) is 6.92 Å². The van der Waals surface area contributed by atoms with E-state index in [0.29, 0.717) is 16.7 Å². The molecule has 1 aromatic heterocycles. The second-order valence-electron chi connectivity index (χ2n) is 7.74. The standard InChI is InChI=1S/C26H20Cl2N2O4/c1-15-23(32)17-10-6-11-18(25(17)34-24(15)16-8-4-3-5-9-16)26(33)30(2)14-21(31)29-22-19(27)12-7-13-20(22)28/h3-13H,14H2,1-2H3,(H,29,31). The molecule has 0 aliphatic rings. The summed E-state index contributed by atoms with van der Waals surface area (Å²) in [5.41, 5.74) is 1.58. The van der Waals surface area contributed by atoms with Gasteiger partial charge >= 0.3 is 0 Å². The second kappa shape index (κ2) is 9.71. The fraction of sp³-hybridized carbons (Fsp3) is 0.115. The van der Waals surface area contributed by atoms with E-state index < -0.39 is 11.8 Å². The molecule has 3 aromatic carbocycles. The third kappa shape index (κ3) is 4.55. The van der Waals surface area contributed by atoms with Gasteiger partial charge in [0.25, 0.3) is 5.91 Å². The van der Waals surface area contributed by atoms with Crippen LogP contribution in [0.5, 0.6) is 0 Å². The van der Waals surface area contributed by atoms with Crippen LogP contribution in [0.2, 0.25) is 10.0 Å². The number of carbonyl (C=O) groups is 2. The number of para-hydroxylation sites is 2. The molecule has 0 aliphatic carbocycles. The summed E-state index contributed by atoms with van der Waals surface area (Å²) in [6.07, 6.45) is 0. The van der Waals surface area contributed by atoms with Gasteiger partial charge < -0.3 is 14.6 Å². The minimum absolute atomic E-state index is 0.170. The smallest absolute Gasteiger partial charge is 0.257 e. The van der Waals surface area contributed by atoms with Crippen LogP contribution >= 0.6 is 23.2 Å². The number of anilines is 1. The van der Waals surface area contributed by atoms with Crippen molar-refractivity contribution in [3.05, 3.63) is 98.1 Å². The van der Waals surface area contributed by atoms with E-state index in [0.717, 1.165) is 5.56 Å². The monoisotopic (exact) mass is 494 g/mol. The molecular formula is C26H20Cl2N2O4. The maximum absolute atomic E-state index is 13.3. The van der Waals surface area contributed by atoms with Crippen molar-refractivity contribution in [1.82, 2.24) is 4.90 Å². The van der Waals surface area contributed by atoms with Gasteiger partial charge in [0.15, 0.2) is 11.0 Å². The normalized spacial score (nSPS) is 10.8. The van der Waals surface area contributed by atoms with Gasteiger partial charge in [0, 0.05) is 18.2 Å². The summed E-state index contributed by atoms with van der Waals surface area (Å²) in [4.78, 5) is 40.1. The lowest BCUT2D eigenvalue weighted by atomic mass is 10.0. The Kier molecular flexibility index (Phi) is 6.72. The number of fused-ring (bicyclic) bond motifs is 1. The maximum Gasteiger partial charge on any atom is 0.257 e. The fourth-order valence-corrected chi connectivity index (χ4v) is 4.12. The van der Waals surface area contributed by atoms with Gasteiger partial charge in [-0.1, -0.05) is 65.7 Å². The molecule has 4 aromatic rings. The first-order valence-electron chi connectivity index (χ1n) is 10.4. The molecule has 8 heteroatoms. The zero-order valence-corrected chi connectivity index (χ0v) is 19.9. The summed E-state index contributed by atoms with van der Waals surface area (Å²) < 4.78 is 6.11. The Hall–Kier alpha value is -3.61. The minimum Gasteiger partial charge on any atom is -0.455 e. The number of carbonyl (C=O) groups excluding carboxylic acids is 2. The number of benzene rings is 3. The van der Waals surface area contributed by atoms with Crippen LogP contribution in [0.3, 0.4) is 0 Å². The fourth-order valence-electron chi connectivity index (χ4n) is 3.63. The summed E-state index contributed by atoms with van der Waals surface area (Å²) >= 11 is 12.2. The van der Waals surface area contributed by atoms with Crippen molar-refractivity contribution in [2.24, 2.45) is 0 Å². The molecule has 1 N–H and O–H groups in total. The number of amides is 2. The van der Waals surface area contributed by atoms with Crippen LogP contribution in [-0.4, -0.2) is 30.3 Å². The molecule has 0 unspecified atom stereocenters. The highest BCUT2D eigenvalue weighted by Gasteiger charge is 2.22. The molecule has 4 rings (SSSR count). The first-order chi connectivity index (χ1) is 16.3. The van der Waals surface area contributed by atoms with Gasteiger partial charge in [0.05, 0.1) is 33.2 Å². The van der Waals surface area contributed by atoms with E-state index in [4.69, 9.17) is 27.6 Å². The number of nitrogens with one attached hydrogen (secondary N) is 1. The lowest BCUT2D eigenvalue weighted by Gasteiger charge is -2.18. The minimum atomic E-state index is -0.478. The van der Waals surface area contributed by atoms with Gasteiger partial charge in [-0.3, -0.25) is 14.4 Å². The second-order valence-corrected chi connectivity index (χ2v) is 8.55. The molecule has 0 radical (unpaired) electrons. The molecule has 0 spiro atoms. The Bertz CT molecular complexity index is 1450. The van der Waals surface area contributed by atoms with Crippen LogP contribution in [0.15, 0.2) is 75.9 Å². The van der Waals surface area contributed by atoms with E-state index in [-0.39, 0.29) is 38.9 Å². The largest absolute Gasteiger partial charge is 0.455 e. The van der Waals surface area contributed by atoms with Crippen molar-refractivity contribution < 1.29 is 14.0 Å². The van der Waals surface area contributed by atoms with Gasteiger partial charge in [0.2, 0.25) is 5.91 Å². The predicted octanol–water partition coefficient (Wildman–Crippen LogP) is 5.79. The molecule has 0 aliphatic heterocycles. The van der Waals surface area contributed by atoms with Crippen molar-refractivity contribution in [3.8, 4) is 11.3 Å². The highest BCUT2D eigenvalue weighted by molar-refractivity contribution is 6.39. The molecule has 2 amide bonds. The molecule has 0 bridgehead atoms. The number of hydrogen-bond acceptors (Lipinski definition) is 4. The van der Waals surface area contributed by atoms with Crippen molar-refractivity contribution in [1.29, 1.82) is 0 Å². The SMILES string of the molecule is Cc1c(-c2ccccc2)oc2c(C(=O)N(C)CC(=O)Nc3c(Cl)cccc3Cl)cccc2c1=O. The average molecular weight is 495 g/mol. The summed E-state index contributed by atoms with van der Waals surface area (Å²) in [6.45, 7) is 1.43. The van der Waals surface area contributed by atoms with Crippen molar-refractivity contribution >= 4 is 51.7 Å². The van der Waals surface area contributed by atoms with Gasteiger partial charge in [0.1, 0.15) is 5.76 Å². The van der Waals surface area contributed by atoms with E-state index >= 15 is 0 Å². The summed E-state index contributed by atoms with van der Waals surface area (Å²) in [7, 11) is 1.49. The Morgan fingerprint density at radius 1 is 0.941 bits per heavy atom. The molecular weight excluding hydrogens is 475 g/mol. The Morgan fingerprint density at radius 2 is 1.59 bits per heavy atom. The number of halogens is 2. The third-order valence-electron chi connectivity index (χ3n) is 5.37. The molecule has 6 nitrogen and oxygen atoms in total. The molecule has 34 heavy (non-hydrogen) atoms. The topological polar surface area (TPSA) is 79.6 Å². The number of nitrogens with zero attached hydrogens (tertiary/aromatic N) is 1. The van der Waals surface area contributed by atoms with Crippen LogP contribution in [0, 0.1) is 6.92 Å². The van der Waals surface area contributed by atoms with E-state index in [9.17, 15) is 14.4 Å². The lowest BCUT2D eigenvalue weighted by Crippen LogP contribution is -2.35. The Labute approximate surface area is 205 Å². The van der Waals surface area contributed by atoms with Crippen LogP contribution < -0.4 is 10.7 Å². The molecule has 0 fully saturated rings. The zero-order chi connectivity index (χ0) is 24.4. The Morgan fingerprint density at radius 3 is 2.26 bits per heavy atom. The summed E-state index contributed by atoms with van der Waals surface area (Å²) in [5, 5.41) is 3.50. The lowest BCUT2D eigenvalue weighted by molar-refractivity contribution is -0.116. The molecule has 0 saturated carbocycles. The average Bonchev–Trinajstić information content (AvgIpc) is 2.83. The van der Waals surface area contributed by atoms with Crippen LogP contribution in [0.4, 0.5) is 5.69 Å². The van der Waals surface area contributed by atoms with E-state index in [2.05, 4.69) is 5.32 Å². The van der Waals surface area contributed by atoms with Crippen molar-refractivity contribution in [3.63, 3.8) is 0 Å². The van der Waals surface area contributed by atoms with Crippen LogP contribution in [0.25, 0.3) is 22.3 Å². The van der Waals surface area contributed by atoms with E-state index in [1.54, 1.807) is 43.3 Å². The quantitative estimate of drug-likeness (QED) is 0.380. The predicted molar refractivity (Wildman–Crippen MR) is 135 cm³/mol. The molecule has 172 valence electrons. The highest BCUT2D eigenvalue weighted by atomic mass is 35.5. The van der Waals surface area contributed by atoms with Gasteiger partial charge in [-0.05, 0) is 31.2 Å². The number of rotatable bonds is 5. The molecule has 0 saturated heterocycles. The first kappa shape index (κ1) is 23.5. The van der Waals surface area contributed by atoms with Crippen LogP contribution in [0.1, 0.15) is 15.9 Å². The third-order valence-corrected chi connectivity index (χ3v) is 6.00. The molecule has 0 atom stereocenters. The highest BCUT2D eigenvalue weighted by Crippen LogP contribution is 2.30.